The van der Waals surface area contributed by atoms with Crippen LogP contribution < -0.4 is 4.90 Å². The number of rotatable bonds is 3. The van der Waals surface area contributed by atoms with Gasteiger partial charge in [0.25, 0.3) is 0 Å². The fourth-order valence-corrected chi connectivity index (χ4v) is 6.86. The molecular weight excluding hydrogens is 494 g/mol. The van der Waals surface area contributed by atoms with E-state index in [0.29, 0.717) is 21.7 Å². The summed E-state index contributed by atoms with van der Waals surface area (Å²) in [4.78, 5) is 45.6. The maximum atomic E-state index is 14.5. The molecule has 1 fully saturated rings. The lowest BCUT2D eigenvalue weighted by atomic mass is 9.64. The van der Waals surface area contributed by atoms with Gasteiger partial charge >= 0.3 is 0 Å². The molecule has 7 rings (SSSR count). The molecule has 0 amide bonds. The third-order valence-corrected chi connectivity index (χ3v) is 8.52. The van der Waals surface area contributed by atoms with Crippen LogP contribution in [0.3, 0.4) is 0 Å². The summed E-state index contributed by atoms with van der Waals surface area (Å²) in [5.41, 5.74) is 2.41. The van der Waals surface area contributed by atoms with E-state index in [-0.39, 0.29) is 17.3 Å². The van der Waals surface area contributed by atoms with Crippen LogP contribution >= 0.6 is 11.6 Å². The number of carbonyl (C=O) groups excluding carboxylic acids is 3. The van der Waals surface area contributed by atoms with Gasteiger partial charge < -0.3 is 4.90 Å². The number of Topliss-reactive ketones (excluding diaryl/α,β-unsaturated/α-hetero) is 3. The number of ketones is 3. The van der Waals surface area contributed by atoms with Crippen molar-refractivity contribution in [1.29, 1.82) is 0 Å². The van der Waals surface area contributed by atoms with Gasteiger partial charge in [0, 0.05) is 33.3 Å². The van der Waals surface area contributed by atoms with E-state index in [1.807, 2.05) is 71.6 Å². The average Bonchev–Trinajstić information content (AvgIpc) is 3.40. The second kappa shape index (κ2) is 8.37. The summed E-state index contributed by atoms with van der Waals surface area (Å²) in [7, 11) is 0. The van der Waals surface area contributed by atoms with Crippen molar-refractivity contribution in [2.24, 2.45) is 5.41 Å². The SMILES string of the molecule is O=C(c1ccc(Cl)cc1)[C@H]1[C@H](c2ccccc2)C2(C(=O)c3ccccc3C2=O)C2C=Cc3ccccc3N21. The summed E-state index contributed by atoms with van der Waals surface area (Å²) in [6.45, 7) is 0. The summed E-state index contributed by atoms with van der Waals surface area (Å²) in [5.74, 6) is -1.31. The minimum absolute atomic E-state index is 0.154. The molecule has 3 aliphatic rings. The molecule has 0 radical (unpaired) electrons. The molecule has 184 valence electrons. The van der Waals surface area contributed by atoms with Crippen LogP contribution in [0.4, 0.5) is 5.69 Å². The van der Waals surface area contributed by atoms with Crippen molar-refractivity contribution in [2.45, 2.75) is 18.0 Å². The first-order chi connectivity index (χ1) is 18.5. The first-order valence-corrected chi connectivity index (χ1v) is 13.0. The van der Waals surface area contributed by atoms with Gasteiger partial charge in [0.2, 0.25) is 0 Å². The number of benzene rings is 4. The summed E-state index contributed by atoms with van der Waals surface area (Å²) >= 11 is 6.15. The smallest absolute Gasteiger partial charge is 0.185 e. The number of fused-ring (bicyclic) bond motifs is 5. The number of anilines is 1. The van der Waals surface area contributed by atoms with Crippen molar-refractivity contribution >= 4 is 40.7 Å². The van der Waals surface area contributed by atoms with Gasteiger partial charge in [-0.2, -0.15) is 0 Å². The van der Waals surface area contributed by atoms with Crippen molar-refractivity contribution in [3.8, 4) is 0 Å². The van der Waals surface area contributed by atoms with Crippen LogP contribution in [0.25, 0.3) is 6.08 Å². The Labute approximate surface area is 225 Å². The van der Waals surface area contributed by atoms with E-state index >= 15 is 0 Å². The lowest BCUT2D eigenvalue weighted by molar-refractivity contribution is 0.0666. The highest BCUT2D eigenvalue weighted by atomic mass is 35.5. The molecule has 1 spiro atoms. The van der Waals surface area contributed by atoms with Crippen LogP contribution in [0.15, 0.2) is 109 Å². The minimum Gasteiger partial charge on any atom is -0.352 e. The molecule has 0 aromatic heterocycles. The van der Waals surface area contributed by atoms with Gasteiger partial charge in [-0.3, -0.25) is 14.4 Å². The van der Waals surface area contributed by atoms with Crippen molar-refractivity contribution in [3.63, 3.8) is 0 Å². The van der Waals surface area contributed by atoms with Crippen LogP contribution in [0.5, 0.6) is 0 Å². The van der Waals surface area contributed by atoms with Crippen molar-refractivity contribution < 1.29 is 14.4 Å². The van der Waals surface area contributed by atoms with Crippen LogP contribution in [-0.4, -0.2) is 29.4 Å². The number of carbonyl (C=O) groups is 3. The van der Waals surface area contributed by atoms with Crippen LogP contribution in [0.1, 0.15) is 48.1 Å². The molecule has 4 aromatic carbocycles. The molecule has 4 aromatic rings. The molecule has 2 heterocycles. The van der Waals surface area contributed by atoms with Crippen molar-refractivity contribution in [1.82, 2.24) is 0 Å². The highest BCUT2D eigenvalue weighted by Gasteiger charge is 2.71. The molecule has 0 N–H and O–H groups in total. The summed E-state index contributed by atoms with van der Waals surface area (Å²) in [6.07, 6.45) is 3.91. The van der Waals surface area contributed by atoms with Gasteiger partial charge in [0.1, 0.15) is 11.5 Å². The Bertz CT molecular complexity index is 1620. The standard InChI is InChI=1S/C33H22ClNO3/c34-23-17-14-22(15-18-23)30(36)29-28(21-9-2-1-3-10-21)33(31(37)24-11-5-6-12-25(24)32(33)38)27-19-16-20-8-4-7-13-26(20)35(27)29/h1-19,27-29H/t27?,28-,29+/m0/s1. The minimum atomic E-state index is -1.48. The van der Waals surface area contributed by atoms with E-state index < -0.39 is 23.4 Å². The summed E-state index contributed by atoms with van der Waals surface area (Å²) in [6, 6.07) is 29.8. The average molecular weight is 516 g/mol. The van der Waals surface area contributed by atoms with E-state index in [0.717, 1.165) is 16.8 Å². The lowest BCUT2D eigenvalue weighted by Crippen LogP contribution is -2.48. The number of nitrogens with zero attached hydrogens (tertiary/aromatic N) is 1. The maximum absolute atomic E-state index is 14.5. The van der Waals surface area contributed by atoms with Gasteiger partial charge in [-0.05, 0) is 41.5 Å². The Balaban J connectivity index is 1.54. The maximum Gasteiger partial charge on any atom is 0.185 e. The molecule has 2 aliphatic heterocycles. The fourth-order valence-electron chi connectivity index (χ4n) is 6.74. The van der Waals surface area contributed by atoms with Crippen LogP contribution in [0.2, 0.25) is 5.02 Å². The largest absolute Gasteiger partial charge is 0.352 e. The van der Waals surface area contributed by atoms with E-state index in [2.05, 4.69) is 0 Å². The normalized spacial score (nSPS) is 22.3. The van der Waals surface area contributed by atoms with Crippen molar-refractivity contribution in [2.75, 3.05) is 4.90 Å². The van der Waals surface area contributed by atoms with E-state index in [4.69, 9.17) is 11.6 Å². The molecule has 1 saturated heterocycles. The first-order valence-electron chi connectivity index (χ1n) is 12.6. The predicted molar refractivity (Wildman–Crippen MR) is 148 cm³/mol. The lowest BCUT2D eigenvalue weighted by Gasteiger charge is -2.37. The molecule has 38 heavy (non-hydrogen) atoms. The van der Waals surface area contributed by atoms with Gasteiger partial charge in [0.05, 0.1) is 6.04 Å². The first kappa shape index (κ1) is 22.9. The third kappa shape index (κ3) is 2.95. The second-order valence-electron chi connectivity index (χ2n) is 10.0. The van der Waals surface area contributed by atoms with Crippen LogP contribution in [0, 0.1) is 5.41 Å². The number of para-hydroxylation sites is 1. The van der Waals surface area contributed by atoms with Crippen LogP contribution in [-0.2, 0) is 0 Å². The molecule has 0 bridgehead atoms. The zero-order chi connectivity index (χ0) is 26.0. The highest BCUT2D eigenvalue weighted by Crippen LogP contribution is 2.60. The Morgan fingerprint density at radius 2 is 1.34 bits per heavy atom. The molecule has 5 heteroatoms. The van der Waals surface area contributed by atoms with Gasteiger partial charge in [-0.15, -0.1) is 0 Å². The van der Waals surface area contributed by atoms with E-state index in [9.17, 15) is 14.4 Å². The summed E-state index contributed by atoms with van der Waals surface area (Å²) < 4.78 is 0. The van der Waals surface area contributed by atoms with Gasteiger partial charge in [-0.25, -0.2) is 0 Å². The molecule has 4 nitrogen and oxygen atoms in total. The summed E-state index contributed by atoms with van der Waals surface area (Å²) in [5, 5.41) is 0.532. The number of halogens is 1. The third-order valence-electron chi connectivity index (χ3n) is 8.27. The topological polar surface area (TPSA) is 54.5 Å². The van der Waals surface area contributed by atoms with Gasteiger partial charge in [0.15, 0.2) is 17.3 Å². The Morgan fingerprint density at radius 3 is 2.03 bits per heavy atom. The van der Waals surface area contributed by atoms with Crippen molar-refractivity contribution in [3.05, 3.63) is 142 Å². The molecule has 0 saturated carbocycles. The fraction of sp³-hybridized carbons (Fsp3) is 0.121. The number of hydrogen-bond donors (Lipinski definition) is 0. The van der Waals surface area contributed by atoms with E-state index in [1.54, 1.807) is 48.5 Å². The highest BCUT2D eigenvalue weighted by molar-refractivity contribution is 6.32. The molecular formula is C33H22ClNO3. The van der Waals surface area contributed by atoms with E-state index in [1.165, 1.54) is 0 Å². The zero-order valence-electron chi connectivity index (χ0n) is 20.3. The quantitative estimate of drug-likeness (QED) is 0.226. The second-order valence-corrected chi connectivity index (χ2v) is 10.5. The number of hydrogen-bond acceptors (Lipinski definition) is 4. The zero-order valence-corrected chi connectivity index (χ0v) is 21.0. The Morgan fingerprint density at radius 1 is 0.737 bits per heavy atom. The van der Waals surface area contributed by atoms with Gasteiger partial charge in [-0.1, -0.05) is 96.5 Å². The predicted octanol–water partition coefficient (Wildman–Crippen LogP) is 6.66. The Kier molecular flexibility index (Phi) is 5.04. The monoisotopic (exact) mass is 515 g/mol. The Hall–Kier alpha value is -4.28. The molecule has 1 unspecified atom stereocenters. The molecule has 1 aliphatic carbocycles. The molecule has 3 atom stereocenters.